The quantitative estimate of drug-likeness (QED) is 0.762. The molecule has 4 heteroatoms. The first-order valence-electron chi connectivity index (χ1n) is 6.95. The molecule has 2 fully saturated rings. The molecule has 0 aromatic carbocycles. The second kappa shape index (κ2) is 6.14. The molecule has 3 unspecified atom stereocenters. The topological polar surface area (TPSA) is 41.7 Å². The number of ether oxygens (including phenoxy) is 1. The molecule has 4 nitrogen and oxygen atoms in total. The van der Waals surface area contributed by atoms with Gasteiger partial charge in [0, 0.05) is 45.4 Å². The van der Waals surface area contributed by atoms with Crippen LogP contribution >= 0.6 is 0 Å². The molecule has 2 aliphatic rings. The number of piperazine rings is 1. The van der Waals surface area contributed by atoms with Gasteiger partial charge in [-0.25, -0.2) is 0 Å². The van der Waals surface area contributed by atoms with E-state index in [0.717, 1.165) is 19.0 Å². The van der Waals surface area contributed by atoms with Crippen molar-refractivity contribution in [3.63, 3.8) is 0 Å². The van der Waals surface area contributed by atoms with Gasteiger partial charge in [-0.15, -0.1) is 0 Å². The number of fused-ring (bicyclic) bond motifs is 1. The normalized spacial score (nSPS) is 32.6. The summed E-state index contributed by atoms with van der Waals surface area (Å²) in [7, 11) is 1.76. The minimum Gasteiger partial charge on any atom is -0.380 e. The standard InChI is InChI=1S/C13H27N3O/c1-11-9-16-6-3-4-12(16)10-15(11)7-5-13(8-14)17-2/h11-13H,3-10,14H2,1-2H3. The predicted molar refractivity (Wildman–Crippen MR) is 70.1 cm³/mol. The molecule has 0 radical (unpaired) electrons. The molecule has 2 heterocycles. The van der Waals surface area contributed by atoms with Gasteiger partial charge < -0.3 is 10.5 Å². The van der Waals surface area contributed by atoms with E-state index in [1.165, 1.54) is 32.5 Å². The molecular weight excluding hydrogens is 214 g/mol. The first-order valence-corrected chi connectivity index (χ1v) is 6.95. The van der Waals surface area contributed by atoms with Crippen LogP contribution in [0.1, 0.15) is 26.2 Å². The number of methoxy groups -OCH3 is 1. The third-order valence-corrected chi connectivity index (χ3v) is 4.40. The molecule has 2 aliphatic heterocycles. The SMILES string of the molecule is COC(CN)CCN1CC2CCCN2CC1C. The smallest absolute Gasteiger partial charge is 0.0705 e. The van der Waals surface area contributed by atoms with Gasteiger partial charge in [-0.2, -0.15) is 0 Å². The molecule has 0 aliphatic carbocycles. The van der Waals surface area contributed by atoms with Crippen molar-refractivity contribution in [2.45, 2.75) is 44.4 Å². The van der Waals surface area contributed by atoms with Crippen molar-refractivity contribution >= 4 is 0 Å². The fraction of sp³-hybridized carbons (Fsp3) is 1.00. The molecule has 0 amide bonds. The number of hydrogen-bond acceptors (Lipinski definition) is 4. The van der Waals surface area contributed by atoms with Gasteiger partial charge in [-0.05, 0) is 32.7 Å². The third kappa shape index (κ3) is 3.19. The molecular formula is C13H27N3O. The van der Waals surface area contributed by atoms with Crippen molar-refractivity contribution < 1.29 is 4.74 Å². The summed E-state index contributed by atoms with van der Waals surface area (Å²) < 4.78 is 5.35. The highest BCUT2D eigenvalue weighted by Gasteiger charge is 2.34. The lowest BCUT2D eigenvalue weighted by Crippen LogP contribution is -2.55. The lowest BCUT2D eigenvalue weighted by molar-refractivity contribution is 0.0376. The van der Waals surface area contributed by atoms with Crippen LogP contribution in [-0.2, 0) is 4.74 Å². The van der Waals surface area contributed by atoms with Crippen LogP contribution in [0.4, 0.5) is 0 Å². The number of rotatable bonds is 5. The highest BCUT2D eigenvalue weighted by molar-refractivity contribution is 4.90. The Bertz CT molecular complexity index is 233. The van der Waals surface area contributed by atoms with E-state index in [2.05, 4.69) is 16.7 Å². The highest BCUT2D eigenvalue weighted by Crippen LogP contribution is 2.24. The molecule has 3 atom stereocenters. The van der Waals surface area contributed by atoms with Crippen LogP contribution in [0.2, 0.25) is 0 Å². The van der Waals surface area contributed by atoms with Crippen molar-refractivity contribution in [1.82, 2.24) is 9.80 Å². The van der Waals surface area contributed by atoms with E-state index in [1.54, 1.807) is 7.11 Å². The minimum absolute atomic E-state index is 0.226. The van der Waals surface area contributed by atoms with Crippen LogP contribution in [0.3, 0.4) is 0 Å². The summed E-state index contributed by atoms with van der Waals surface area (Å²) in [6.45, 7) is 7.90. The van der Waals surface area contributed by atoms with Gasteiger partial charge in [-0.3, -0.25) is 9.80 Å². The number of nitrogens with zero attached hydrogens (tertiary/aromatic N) is 2. The van der Waals surface area contributed by atoms with Gasteiger partial charge in [0.05, 0.1) is 6.10 Å². The minimum atomic E-state index is 0.226. The maximum atomic E-state index is 5.67. The molecule has 17 heavy (non-hydrogen) atoms. The Balaban J connectivity index is 1.80. The van der Waals surface area contributed by atoms with Gasteiger partial charge in [0.15, 0.2) is 0 Å². The van der Waals surface area contributed by atoms with E-state index in [-0.39, 0.29) is 6.10 Å². The van der Waals surface area contributed by atoms with E-state index < -0.39 is 0 Å². The average molecular weight is 241 g/mol. The Morgan fingerprint density at radius 2 is 2.24 bits per heavy atom. The average Bonchev–Trinajstić information content (AvgIpc) is 2.77. The van der Waals surface area contributed by atoms with Gasteiger partial charge in [0.1, 0.15) is 0 Å². The van der Waals surface area contributed by atoms with Crippen LogP contribution in [-0.4, -0.2) is 67.8 Å². The molecule has 2 saturated heterocycles. The zero-order valence-corrected chi connectivity index (χ0v) is 11.3. The molecule has 0 spiro atoms. The lowest BCUT2D eigenvalue weighted by Gasteiger charge is -2.42. The maximum absolute atomic E-state index is 5.67. The third-order valence-electron chi connectivity index (χ3n) is 4.40. The molecule has 0 aromatic rings. The second-order valence-corrected chi connectivity index (χ2v) is 5.52. The Morgan fingerprint density at radius 1 is 1.41 bits per heavy atom. The Labute approximate surface area is 105 Å². The van der Waals surface area contributed by atoms with E-state index in [4.69, 9.17) is 10.5 Å². The number of nitrogens with two attached hydrogens (primary N) is 1. The van der Waals surface area contributed by atoms with E-state index in [1.807, 2.05) is 0 Å². The zero-order valence-electron chi connectivity index (χ0n) is 11.3. The van der Waals surface area contributed by atoms with E-state index in [0.29, 0.717) is 12.6 Å². The summed E-state index contributed by atoms with van der Waals surface area (Å²) in [5.74, 6) is 0. The second-order valence-electron chi connectivity index (χ2n) is 5.52. The first kappa shape index (κ1) is 13.3. The maximum Gasteiger partial charge on any atom is 0.0705 e. The lowest BCUT2D eigenvalue weighted by atomic mass is 10.1. The first-order chi connectivity index (χ1) is 8.24. The number of hydrogen-bond donors (Lipinski definition) is 1. The summed E-state index contributed by atoms with van der Waals surface area (Å²) in [5, 5.41) is 0. The molecule has 0 saturated carbocycles. The van der Waals surface area contributed by atoms with Gasteiger partial charge in [0.25, 0.3) is 0 Å². The van der Waals surface area contributed by atoms with Crippen LogP contribution in [0.15, 0.2) is 0 Å². The van der Waals surface area contributed by atoms with Gasteiger partial charge in [-0.1, -0.05) is 0 Å². The highest BCUT2D eigenvalue weighted by atomic mass is 16.5. The Morgan fingerprint density at radius 3 is 2.94 bits per heavy atom. The van der Waals surface area contributed by atoms with Crippen molar-refractivity contribution in [3.8, 4) is 0 Å². The Hall–Kier alpha value is -0.160. The molecule has 100 valence electrons. The summed E-state index contributed by atoms with van der Waals surface area (Å²) >= 11 is 0. The summed E-state index contributed by atoms with van der Waals surface area (Å²) in [5.41, 5.74) is 5.67. The van der Waals surface area contributed by atoms with Crippen LogP contribution < -0.4 is 5.73 Å². The summed E-state index contributed by atoms with van der Waals surface area (Å²) in [6, 6.07) is 1.49. The van der Waals surface area contributed by atoms with Crippen molar-refractivity contribution in [3.05, 3.63) is 0 Å². The summed E-state index contributed by atoms with van der Waals surface area (Å²) in [4.78, 5) is 5.28. The Kier molecular flexibility index (Phi) is 4.79. The fourth-order valence-corrected chi connectivity index (χ4v) is 3.20. The van der Waals surface area contributed by atoms with Crippen LogP contribution in [0, 0.1) is 0 Å². The van der Waals surface area contributed by atoms with E-state index >= 15 is 0 Å². The fourth-order valence-electron chi connectivity index (χ4n) is 3.20. The molecule has 2 rings (SSSR count). The zero-order chi connectivity index (χ0) is 12.3. The van der Waals surface area contributed by atoms with Crippen molar-refractivity contribution in [2.24, 2.45) is 5.73 Å². The monoisotopic (exact) mass is 241 g/mol. The van der Waals surface area contributed by atoms with Gasteiger partial charge >= 0.3 is 0 Å². The molecule has 0 bridgehead atoms. The molecule has 2 N–H and O–H groups in total. The van der Waals surface area contributed by atoms with Crippen LogP contribution in [0.5, 0.6) is 0 Å². The van der Waals surface area contributed by atoms with Crippen LogP contribution in [0.25, 0.3) is 0 Å². The van der Waals surface area contributed by atoms with Gasteiger partial charge in [0.2, 0.25) is 0 Å². The van der Waals surface area contributed by atoms with Crippen molar-refractivity contribution in [1.29, 1.82) is 0 Å². The largest absolute Gasteiger partial charge is 0.380 e. The van der Waals surface area contributed by atoms with E-state index in [9.17, 15) is 0 Å². The predicted octanol–water partition coefficient (Wildman–Crippen LogP) is 0.519. The van der Waals surface area contributed by atoms with Crippen molar-refractivity contribution in [2.75, 3.05) is 39.8 Å². The molecule has 0 aromatic heterocycles. The summed E-state index contributed by atoms with van der Waals surface area (Å²) in [6.07, 6.45) is 4.05.